The highest BCUT2D eigenvalue weighted by Gasteiger charge is 2.35. The molecule has 3 nitrogen and oxygen atoms in total. The van der Waals surface area contributed by atoms with Gasteiger partial charge in [0.25, 0.3) is 0 Å². The number of carbonyl (C=O) groups is 1. The van der Waals surface area contributed by atoms with Crippen LogP contribution < -0.4 is 4.74 Å². The Bertz CT molecular complexity index is 1040. The third kappa shape index (κ3) is 6.28. The molecule has 0 aliphatic heterocycles. The molecule has 0 saturated heterocycles. The van der Waals surface area contributed by atoms with Gasteiger partial charge in [0.15, 0.2) is 0 Å². The molecule has 2 aliphatic rings. The predicted octanol–water partition coefficient (Wildman–Crippen LogP) is 8.33. The first-order chi connectivity index (χ1) is 17.0. The van der Waals surface area contributed by atoms with Gasteiger partial charge in [-0.25, -0.2) is 13.6 Å². The van der Waals surface area contributed by atoms with Crippen LogP contribution in [0.1, 0.15) is 105 Å². The molecule has 0 bridgehead atoms. The van der Waals surface area contributed by atoms with Crippen molar-refractivity contribution in [2.75, 3.05) is 0 Å². The average Bonchev–Trinajstić information content (AvgIpc) is 2.86. The summed E-state index contributed by atoms with van der Waals surface area (Å²) < 4.78 is 32.7. The van der Waals surface area contributed by atoms with Gasteiger partial charge < -0.3 is 4.74 Å². The second-order valence-electron chi connectivity index (χ2n) is 10.4. The van der Waals surface area contributed by atoms with E-state index in [1.165, 1.54) is 82.3 Å². The lowest BCUT2D eigenvalue weighted by atomic mass is 9.63. The predicted molar refractivity (Wildman–Crippen MR) is 132 cm³/mol. The number of fused-ring (bicyclic) bond motifs is 1. The molecule has 4 unspecified atom stereocenters. The Kier molecular flexibility index (Phi) is 8.55. The summed E-state index contributed by atoms with van der Waals surface area (Å²) in [6, 6.07) is 10.6. The quantitative estimate of drug-likeness (QED) is 0.217. The first-order valence-electron chi connectivity index (χ1n) is 13.2. The average molecular weight is 480 g/mol. The van der Waals surface area contributed by atoms with E-state index in [-0.39, 0.29) is 5.75 Å². The maximum absolute atomic E-state index is 13.8. The second-order valence-corrected chi connectivity index (χ2v) is 10.4. The fraction of sp³-hybridized carbons (Fsp3) is 0.533. The molecular formula is C30H35F2NO2. The van der Waals surface area contributed by atoms with Gasteiger partial charge in [-0.2, -0.15) is 5.26 Å². The minimum absolute atomic E-state index is 0.257. The van der Waals surface area contributed by atoms with Crippen LogP contribution in [0.25, 0.3) is 0 Å². The molecule has 0 N–H and O–H groups in total. The van der Waals surface area contributed by atoms with E-state index >= 15 is 0 Å². The van der Waals surface area contributed by atoms with Gasteiger partial charge in [0.1, 0.15) is 29.0 Å². The van der Waals surface area contributed by atoms with E-state index in [1.807, 2.05) is 12.1 Å². The van der Waals surface area contributed by atoms with Gasteiger partial charge in [0, 0.05) is 12.1 Å². The highest BCUT2D eigenvalue weighted by molar-refractivity contribution is 5.91. The van der Waals surface area contributed by atoms with Crippen LogP contribution in [0.2, 0.25) is 0 Å². The molecule has 2 fully saturated rings. The summed E-state index contributed by atoms with van der Waals surface area (Å²) in [4.78, 5) is 12.5. The Morgan fingerprint density at radius 1 is 0.971 bits per heavy atom. The molecule has 186 valence electrons. The summed E-state index contributed by atoms with van der Waals surface area (Å²) in [7, 11) is 0. The summed E-state index contributed by atoms with van der Waals surface area (Å²) in [6.07, 6.45) is 14.7. The fourth-order valence-electron chi connectivity index (χ4n) is 6.18. The number of hydrogen-bond acceptors (Lipinski definition) is 3. The Hall–Kier alpha value is -2.74. The smallest absolute Gasteiger partial charge is 0.343 e. The van der Waals surface area contributed by atoms with Crippen LogP contribution in [0.5, 0.6) is 5.75 Å². The van der Waals surface area contributed by atoms with E-state index in [2.05, 4.69) is 6.92 Å². The summed E-state index contributed by atoms with van der Waals surface area (Å²) in [5.41, 5.74) is 0.887. The van der Waals surface area contributed by atoms with E-state index in [1.54, 1.807) is 12.1 Å². The van der Waals surface area contributed by atoms with Crippen molar-refractivity contribution < 1.29 is 18.3 Å². The van der Waals surface area contributed by atoms with Crippen molar-refractivity contribution in [2.24, 2.45) is 17.8 Å². The number of hydrogen-bond donors (Lipinski definition) is 0. The monoisotopic (exact) mass is 479 g/mol. The number of benzene rings is 2. The zero-order valence-corrected chi connectivity index (χ0v) is 20.6. The van der Waals surface area contributed by atoms with Gasteiger partial charge in [-0.1, -0.05) is 57.6 Å². The molecule has 2 aliphatic carbocycles. The second kappa shape index (κ2) is 11.8. The maximum atomic E-state index is 13.8. The molecule has 0 radical (unpaired) electrons. The number of rotatable bonds is 8. The Morgan fingerprint density at radius 3 is 2.34 bits per heavy atom. The number of unbranched alkanes of at least 4 members (excludes halogenated alkanes) is 3. The molecule has 4 rings (SSSR count). The van der Waals surface area contributed by atoms with Gasteiger partial charge in [0.2, 0.25) is 0 Å². The van der Waals surface area contributed by atoms with E-state index < -0.39 is 23.2 Å². The van der Waals surface area contributed by atoms with Crippen molar-refractivity contribution in [3.8, 4) is 11.8 Å². The van der Waals surface area contributed by atoms with Crippen molar-refractivity contribution in [1.29, 1.82) is 5.26 Å². The van der Waals surface area contributed by atoms with Gasteiger partial charge >= 0.3 is 5.97 Å². The van der Waals surface area contributed by atoms with Crippen LogP contribution in [0, 0.1) is 40.7 Å². The maximum Gasteiger partial charge on any atom is 0.343 e. The largest absolute Gasteiger partial charge is 0.423 e. The lowest BCUT2D eigenvalue weighted by molar-refractivity contribution is 0.0734. The van der Waals surface area contributed by atoms with Crippen LogP contribution in [0.3, 0.4) is 0 Å². The molecule has 0 amide bonds. The zero-order valence-electron chi connectivity index (χ0n) is 20.6. The summed E-state index contributed by atoms with van der Waals surface area (Å²) in [5, 5.41) is 8.77. The number of esters is 1. The van der Waals surface area contributed by atoms with Crippen molar-refractivity contribution in [3.63, 3.8) is 0 Å². The number of halogens is 2. The van der Waals surface area contributed by atoms with Crippen LogP contribution in [-0.2, 0) is 0 Å². The summed E-state index contributed by atoms with van der Waals surface area (Å²) in [5.74, 6) is 0.0918. The molecule has 5 heteroatoms. The van der Waals surface area contributed by atoms with Crippen molar-refractivity contribution in [2.45, 2.75) is 83.5 Å². The van der Waals surface area contributed by atoms with Crippen LogP contribution >= 0.6 is 0 Å². The topological polar surface area (TPSA) is 50.1 Å². The minimum atomic E-state index is -1.05. The van der Waals surface area contributed by atoms with Crippen LogP contribution in [0.4, 0.5) is 8.78 Å². The summed E-state index contributed by atoms with van der Waals surface area (Å²) in [6.45, 7) is 2.27. The highest BCUT2D eigenvalue weighted by Crippen LogP contribution is 2.48. The molecule has 35 heavy (non-hydrogen) atoms. The standard InChI is InChI=1S/C30H35F2NO2/c1-2-3-4-5-6-20-7-8-25-16-24(14-13-23(25)15-20)21-9-11-22(12-10-21)30(34)35-26-17-28(31)27(19-33)29(32)18-26/h9-12,17-18,20,23-25H,2-8,13-16H2,1H3. The van der Waals surface area contributed by atoms with Gasteiger partial charge in [-0.15, -0.1) is 0 Å². The zero-order chi connectivity index (χ0) is 24.8. The fourth-order valence-corrected chi connectivity index (χ4v) is 6.18. The number of ether oxygens (including phenoxy) is 1. The van der Waals surface area contributed by atoms with E-state index in [0.717, 1.165) is 29.9 Å². The third-order valence-electron chi connectivity index (χ3n) is 8.14. The van der Waals surface area contributed by atoms with Crippen molar-refractivity contribution in [1.82, 2.24) is 0 Å². The molecule has 0 aromatic heterocycles. The van der Waals surface area contributed by atoms with Crippen LogP contribution in [-0.4, -0.2) is 5.97 Å². The third-order valence-corrected chi connectivity index (χ3v) is 8.14. The molecular weight excluding hydrogens is 444 g/mol. The SMILES string of the molecule is CCCCCCC1CCC2CC(c3ccc(C(=O)Oc4cc(F)c(C#N)c(F)c4)cc3)CCC2C1. The Labute approximate surface area is 207 Å². The molecule has 2 aromatic rings. The van der Waals surface area contributed by atoms with Gasteiger partial charge in [-0.3, -0.25) is 0 Å². The lowest BCUT2D eigenvalue weighted by Crippen LogP contribution is -2.30. The molecule has 2 aromatic carbocycles. The first-order valence-corrected chi connectivity index (χ1v) is 13.2. The van der Waals surface area contributed by atoms with Gasteiger partial charge in [0.05, 0.1) is 5.56 Å². The van der Waals surface area contributed by atoms with E-state index in [9.17, 15) is 13.6 Å². The van der Waals surface area contributed by atoms with Crippen LogP contribution in [0.15, 0.2) is 36.4 Å². The Balaban J connectivity index is 1.30. The molecule has 2 saturated carbocycles. The van der Waals surface area contributed by atoms with Gasteiger partial charge in [-0.05, 0) is 73.5 Å². The highest BCUT2D eigenvalue weighted by atomic mass is 19.1. The minimum Gasteiger partial charge on any atom is -0.423 e. The molecule has 0 spiro atoms. The Morgan fingerprint density at radius 2 is 1.66 bits per heavy atom. The van der Waals surface area contributed by atoms with Crippen molar-refractivity contribution in [3.05, 3.63) is 64.7 Å². The van der Waals surface area contributed by atoms with Crippen molar-refractivity contribution >= 4 is 5.97 Å². The number of carbonyl (C=O) groups excluding carboxylic acids is 1. The normalized spacial score (nSPS) is 23.8. The first kappa shape index (κ1) is 25.4. The summed E-state index contributed by atoms with van der Waals surface area (Å²) >= 11 is 0. The molecule has 4 atom stereocenters. The molecule has 0 heterocycles. The number of nitriles is 1. The lowest BCUT2D eigenvalue weighted by Gasteiger charge is -2.42. The van der Waals surface area contributed by atoms with E-state index in [0.29, 0.717) is 11.5 Å². The van der Waals surface area contributed by atoms with E-state index in [4.69, 9.17) is 10.00 Å². The number of nitrogens with zero attached hydrogens (tertiary/aromatic N) is 1.